The van der Waals surface area contributed by atoms with Crippen LogP contribution < -0.4 is 15.4 Å². The van der Waals surface area contributed by atoms with Crippen LogP contribution in [0.5, 0.6) is 5.75 Å². The van der Waals surface area contributed by atoms with Crippen molar-refractivity contribution in [3.63, 3.8) is 0 Å². The first-order chi connectivity index (χ1) is 12.6. The molecule has 0 aliphatic heterocycles. The predicted octanol–water partition coefficient (Wildman–Crippen LogP) is 4.65. The van der Waals surface area contributed by atoms with Crippen LogP contribution in [-0.2, 0) is 4.57 Å². The van der Waals surface area contributed by atoms with Gasteiger partial charge in [-0.15, -0.1) is 0 Å². The lowest BCUT2D eigenvalue weighted by atomic mass is 10.2. The van der Waals surface area contributed by atoms with E-state index < -0.39 is 7.59 Å². The van der Waals surface area contributed by atoms with Gasteiger partial charge in [-0.2, -0.15) is 5.10 Å². The van der Waals surface area contributed by atoms with E-state index in [1.54, 1.807) is 24.3 Å². The van der Waals surface area contributed by atoms with E-state index in [0.717, 1.165) is 0 Å². The normalized spacial score (nSPS) is 11.2. The van der Waals surface area contributed by atoms with Gasteiger partial charge in [-0.1, -0.05) is 48.5 Å². The van der Waals surface area contributed by atoms with Crippen LogP contribution in [0.3, 0.4) is 0 Å². The number of nitrogens with zero attached hydrogens (tertiary/aromatic N) is 1. The van der Waals surface area contributed by atoms with E-state index in [1.807, 2.05) is 60.7 Å². The third-order valence-corrected chi connectivity index (χ3v) is 5.00. The van der Waals surface area contributed by atoms with Gasteiger partial charge in [0.05, 0.1) is 6.21 Å². The molecule has 132 valence electrons. The molecule has 0 unspecified atom stereocenters. The number of rotatable bonds is 7. The first-order valence-electron chi connectivity index (χ1n) is 8.00. The maximum atomic E-state index is 13.3. The lowest BCUT2D eigenvalue weighted by Crippen LogP contribution is -2.17. The molecule has 0 atom stereocenters. The van der Waals surface area contributed by atoms with Crippen molar-refractivity contribution in [3.8, 4) is 5.75 Å². The number of hydrogen-bond donors (Lipinski definition) is 4. The van der Waals surface area contributed by atoms with Gasteiger partial charge < -0.3 is 15.3 Å². The molecule has 0 aromatic heterocycles. The summed E-state index contributed by atoms with van der Waals surface area (Å²) in [6.45, 7) is 0. The van der Waals surface area contributed by atoms with Crippen LogP contribution in [-0.4, -0.2) is 11.3 Å². The number of phenols is 1. The second-order valence-electron chi connectivity index (χ2n) is 5.48. The van der Waals surface area contributed by atoms with E-state index in [9.17, 15) is 9.67 Å². The fourth-order valence-electron chi connectivity index (χ4n) is 2.24. The Morgan fingerprint density at radius 2 is 1.27 bits per heavy atom. The second-order valence-corrected chi connectivity index (χ2v) is 7.35. The standard InChI is InChI=1S/C19H19N4O2P/c24-19-14-8-7-9-16(19)15-20-23-26(25,21-17-10-3-1-4-11-17)22-18-12-5-2-6-13-18/h1-15,24H,(H3,21,22,23,25)/b20-15-. The molecule has 0 saturated carbocycles. The second kappa shape index (κ2) is 8.23. The lowest BCUT2D eigenvalue weighted by Gasteiger charge is -2.21. The third kappa shape index (κ3) is 4.88. The smallest absolute Gasteiger partial charge is 0.368 e. The summed E-state index contributed by atoms with van der Waals surface area (Å²) in [5, 5.41) is 22.4. The zero-order valence-corrected chi connectivity index (χ0v) is 14.8. The highest BCUT2D eigenvalue weighted by Gasteiger charge is 2.21. The number of nitrogens with one attached hydrogen (secondary N) is 3. The molecule has 0 saturated heterocycles. The Morgan fingerprint density at radius 1 is 0.769 bits per heavy atom. The Hall–Kier alpha value is -3.24. The Kier molecular flexibility index (Phi) is 5.56. The van der Waals surface area contributed by atoms with Gasteiger partial charge in [0, 0.05) is 16.9 Å². The Labute approximate surface area is 152 Å². The summed E-state index contributed by atoms with van der Waals surface area (Å²) in [4.78, 5) is 0. The first kappa shape index (κ1) is 17.6. The summed E-state index contributed by atoms with van der Waals surface area (Å²) in [5.74, 6) is 0.0971. The molecule has 0 bridgehead atoms. The van der Waals surface area contributed by atoms with Crippen molar-refractivity contribution in [2.24, 2.45) is 5.10 Å². The molecule has 3 rings (SSSR count). The van der Waals surface area contributed by atoms with Gasteiger partial charge in [-0.3, -0.25) is 0 Å². The maximum Gasteiger partial charge on any atom is 0.368 e. The predicted molar refractivity (Wildman–Crippen MR) is 107 cm³/mol. The highest BCUT2D eigenvalue weighted by molar-refractivity contribution is 7.64. The van der Waals surface area contributed by atoms with Crippen molar-refractivity contribution in [2.75, 3.05) is 10.2 Å². The third-order valence-electron chi connectivity index (χ3n) is 3.46. The Morgan fingerprint density at radius 3 is 1.81 bits per heavy atom. The molecule has 3 aromatic carbocycles. The minimum absolute atomic E-state index is 0.0971. The van der Waals surface area contributed by atoms with E-state index in [2.05, 4.69) is 20.5 Å². The highest BCUT2D eigenvalue weighted by atomic mass is 31.2. The number of aromatic hydroxyl groups is 1. The number of phenolic OH excluding ortho intramolecular Hbond substituents is 1. The van der Waals surface area contributed by atoms with Gasteiger partial charge in [0.1, 0.15) is 5.75 Å². The number of anilines is 2. The average molecular weight is 366 g/mol. The molecular formula is C19H19N4O2P. The van der Waals surface area contributed by atoms with Crippen molar-refractivity contribution in [2.45, 2.75) is 0 Å². The molecule has 0 heterocycles. The van der Waals surface area contributed by atoms with Crippen LogP contribution in [0.2, 0.25) is 0 Å². The van der Waals surface area contributed by atoms with Crippen molar-refractivity contribution in [3.05, 3.63) is 90.5 Å². The quantitative estimate of drug-likeness (QED) is 0.278. The molecule has 26 heavy (non-hydrogen) atoms. The number of hydrazone groups is 1. The molecule has 3 aromatic rings. The summed E-state index contributed by atoms with van der Waals surface area (Å²) in [6, 6.07) is 25.2. The van der Waals surface area contributed by atoms with Crippen LogP contribution in [0.4, 0.5) is 11.4 Å². The van der Waals surface area contributed by atoms with Gasteiger partial charge in [-0.25, -0.2) is 9.76 Å². The number of benzene rings is 3. The molecule has 0 fully saturated rings. The van der Waals surface area contributed by atoms with Crippen LogP contribution in [0.25, 0.3) is 0 Å². The average Bonchev–Trinajstić information content (AvgIpc) is 2.65. The van der Waals surface area contributed by atoms with Crippen molar-refractivity contribution in [1.82, 2.24) is 5.20 Å². The minimum Gasteiger partial charge on any atom is -0.507 e. The fourth-order valence-corrected chi connectivity index (χ4v) is 3.64. The highest BCUT2D eigenvalue weighted by Crippen LogP contribution is 2.41. The zero-order chi connectivity index (χ0) is 18.2. The molecular weight excluding hydrogens is 347 g/mol. The first-order valence-corrected chi connectivity index (χ1v) is 9.70. The largest absolute Gasteiger partial charge is 0.507 e. The Bertz CT molecular complexity index is 872. The van der Waals surface area contributed by atoms with Crippen LogP contribution >= 0.6 is 7.59 Å². The van der Waals surface area contributed by atoms with Crippen LogP contribution in [0.15, 0.2) is 90.0 Å². The fraction of sp³-hybridized carbons (Fsp3) is 0. The Balaban J connectivity index is 1.80. The molecule has 0 radical (unpaired) electrons. The summed E-state index contributed by atoms with van der Waals surface area (Å²) >= 11 is 0. The van der Waals surface area contributed by atoms with Crippen LogP contribution in [0, 0.1) is 0 Å². The van der Waals surface area contributed by atoms with E-state index in [4.69, 9.17) is 0 Å². The van der Waals surface area contributed by atoms with Gasteiger partial charge in [0.25, 0.3) is 0 Å². The summed E-state index contributed by atoms with van der Waals surface area (Å²) in [6.07, 6.45) is 1.42. The monoisotopic (exact) mass is 366 g/mol. The van der Waals surface area contributed by atoms with E-state index >= 15 is 0 Å². The van der Waals surface area contributed by atoms with Crippen LogP contribution in [0.1, 0.15) is 5.56 Å². The van der Waals surface area contributed by atoms with Gasteiger partial charge in [-0.05, 0) is 36.4 Å². The number of para-hydroxylation sites is 3. The topological polar surface area (TPSA) is 85.8 Å². The van der Waals surface area contributed by atoms with Crippen molar-refractivity contribution < 1.29 is 9.67 Å². The molecule has 0 aliphatic rings. The summed E-state index contributed by atoms with van der Waals surface area (Å²) < 4.78 is 13.3. The molecule has 6 nitrogen and oxygen atoms in total. The maximum absolute atomic E-state index is 13.3. The number of hydrogen-bond acceptors (Lipinski definition) is 3. The van der Waals surface area contributed by atoms with E-state index in [1.165, 1.54) is 6.21 Å². The minimum atomic E-state index is -3.34. The van der Waals surface area contributed by atoms with Gasteiger partial charge >= 0.3 is 7.59 Å². The molecule has 4 N–H and O–H groups in total. The molecule has 0 spiro atoms. The van der Waals surface area contributed by atoms with Gasteiger partial charge in [0.2, 0.25) is 0 Å². The SMILES string of the molecule is O=P(N/N=C\c1ccccc1O)(Nc1ccccc1)Nc1ccccc1. The molecule has 7 heteroatoms. The van der Waals surface area contributed by atoms with Crippen molar-refractivity contribution in [1.29, 1.82) is 0 Å². The molecule has 0 amide bonds. The van der Waals surface area contributed by atoms with Crippen molar-refractivity contribution >= 4 is 25.2 Å². The van der Waals surface area contributed by atoms with E-state index in [-0.39, 0.29) is 5.75 Å². The zero-order valence-electron chi connectivity index (χ0n) is 13.9. The van der Waals surface area contributed by atoms with Gasteiger partial charge in [0.15, 0.2) is 0 Å². The lowest BCUT2D eigenvalue weighted by molar-refractivity contribution is 0.474. The van der Waals surface area contributed by atoms with E-state index in [0.29, 0.717) is 16.9 Å². The summed E-state index contributed by atoms with van der Waals surface area (Å²) in [7, 11) is -3.34. The summed E-state index contributed by atoms with van der Waals surface area (Å²) in [5.41, 5.74) is 1.89. The molecule has 0 aliphatic carbocycles.